The second-order valence-electron chi connectivity index (χ2n) is 8.90. The monoisotopic (exact) mass is 424 g/mol. The van der Waals surface area contributed by atoms with Crippen LogP contribution in [-0.2, 0) is 11.3 Å². The molecule has 1 unspecified atom stereocenters. The lowest BCUT2D eigenvalue weighted by atomic mass is 9.88. The minimum atomic E-state index is 0.257. The Bertz CT molecular complexity index is 914. The van der Waals surface area contributed by atoms with Gasteiger partial charge in [-0.2, -0.15) is 0 Å². The van der Waals surface area contributed by atoms with Crippen LogP contribution in [0.5, 0.6) is 0 Å². The fourth-order valence-corrected chi connectivity index (χ4v) is 5.00. The zero-order chi connectivity index (χ0) is 21.6. The average molecular weight is 425 g/mol. The number of nitrogens with zero attached hydrogens (tertiary/aromatic N) is 4. The summed E-state index contributed by atoms with van der Waals surface area (Å²) in [6.07, 6.45) is 7.81. The molecule has 1 aromatic heterocycles. The molecule has 2 N–H and O–H groups in total. The molecule has 2 heterocycles. The van der Waals surface area contributed by atoms with Crippen LogP contribution in [0.4, 0.5) is 0 Å². The summed E-state index contributed by atoms with van der Waals surface area (Å²) in [5, 5.41) is 6.95. The predicted octanol–water partition coefficient (Wildman–Crippen LogP) is 3.08. The Balaban J connectivity index is 1.21. The Morgan fingerprint density at radius 2 is 2.00 bits per heavy atom. The van der Waals surface area contributed by atoms with Crippen LogP contribution in [0, 0.1) is 12.8 Å². The first-order valence-corrected chi connectivity index (χ1v) is 11.8. The highest BCUT2D eigenvalue weighted by Crippen LogP contribution is 2.26. The molecule has 1 amide bonds. The molecule has 7 heteroatoms. The number of carbonyl (C=O) groups excluding carboxylic acids is 1. The minimum absolute atomic E-state index is 0.257. The van der Waals surface area contributed by atoms with Crippen molar-refractivity contribution in [2.45, 2.75) is 64.5 Å². The first-order valence-electron chi connectivity index (χ1n) is 11.8. The van der Waals surface area contributed by atoms with Crippen LogP contribution in [0.1, 0.15) is 50.8 Å². The van der Waals surface area contributed by atoms with Crippen molar-refractivity contribution in [3.05, 3.63) is 30.1 Å². The Kier molecular flexibility index (Phi) is 7.10. The molecule has 4 rings (SSSR count). The number of aromatic nitrogens is 2. The summed E-state index contributed by atoms with van der Waals surface area (Å²) in [7, 11) is 1.81. The molecule has 0 bridgehead atoms. The van der Waals surface area contributed by atoms with Crippen molar-refractivity contribution < 1.29 is 4.79 Å². The second-order valence-corrected chi connectivity index (χ2v) is 8.90. The van der Waals surface area contributed by atoms with E-state index in [1.165, 1.54) is 24.8 Å². The van der Waals surface area contributed by atoms with Crippen molar-refractivity contribution in [2.24, 2.45) is 10.9 Å². The first kappa shape index (κ1) is 21.7. The van der Waals surface area contributed by atoms with E-state index in [0.29, 0.717) is 5.91 Å². The molecule has 2 fully saturated rings. The highest BCUT2D eigenvalue weighted by Gasteiger charge is 2.31. The van der Waals surface area contributed by atoms with Crippen molar-refractivity contribution in [3.63, 3.8) is 0 Å². The topological polar surface area (TPSA) is 74.6 Å². The number of aliphatic imine (C=N–C) groups is 1. The lowest BCUT2D eigenvalue weighted by Crippen LogP contribution is -2.45. The smallest absolute Gasteiger partial charge is 0.225 e. The largest absolute Gasteiger partial charge is 0.356 e. The van der Waals surface area contributed by atoms with E-state index in [1.54, 1.807) is 0 Å². The molecule has 1 saturated carbocycles. The van der Waals surface area contributed by atoms with Crippen LogP contribution in [-0.4, -0.2) is 59.0 Å². The molecule has 2 aromatic rings. The standard InChI is InChI=1S/C24H36N6O/c1-18-27-21-11-6-7-12-22(21)30(18)15-8-14-26-24(25-2)28-20-13-16-29(17-20)23(31)19-9-4-3-5-10-19/h6-7,11-12,19-20H,3-5,8-10,13-17H2,1-2H3,(H2,25,26,28). The van der Waals surface area contributed by atoms with E-state index in [4.69, 9.17) is 0 Å². The SMILES string of the molecule is CN=C(NCCCn1c(C)nc2ccccc21)NC1CCN(C(=O)C2CCCCC2)C1. The molecule has 1 atom stereocenters. The van der Waals surface area contributed by atoms with Crippen molar-refractivity contribution in [1.29, 1.82) is 0 Å². The Labute approximate surface area is 185 Å². The summed E-state index contributed by atoms with van der Waals surface area (Å²) in [6.45, 7) is 5.47. The fraction of sp³-hybridized carbons (Fsp3) is 0.625. The van der Waals surface area contributed by atoms with Gasteiger partial charge < -0.3 is 20.1 Å². The number of guanidine groups is 1. The van der Waals surface area contributed by atoms with E-state index in [-0.39, 0.29) is 12.0 Å². The van der Waals surface area contributed by atoms with Crippen molar-refractivity contribution >= 4 is 22.9 Å². The van der Waals surface area contributed by atoms with Gasteiger partial charge in [0, 0.05) is 45.2 Å². The third-order valence-corrected chi connectivity index (χ3v) is 6.72. The van der Waals surface area contributed by atoms with Gasteiger partial charge >= 0.3 is 0 Å². The number of benzene rings is 1. The minimum Gasteiger partial charge on any atom is -0.356 e. The predicted molar refractivity (Wildman–Crippen MR) is 125 cm³/mol. The Hall–Kier alpha value is -2.57. The van der Waals surface area contributed by atoms with E-state index < -0.39 is 0 Å². The number of nitrogens with one attached hydrogen (secondary N) is 2. The van der Waals surface area contributed by atoms with E-state index >= 15 is 0 Å². The maximum Gasteiger partial charge on any atom is 0.225 e. The third kappa shape index (κ3) is 5.20. The molecule has 0 spiro atoms. The molecule has 1 aliphatic carbocycles. The number of amides is 1. The number of rotatable bonds is 6. The summed E-state index contributed by atoms with van der Waals surface area (Å²) < 4.78 is 2.28. The molecule has 168 valence electrons. The highest BCUT2D eigenvalue weighted by atomic mass is 16.2. The Morgan fingerprint density at radius 3 is 2.81 bits per heavy atom. The summed E-state index contributed by atoms with van der Waals surface area (Å²) >= 11 is 0. The third-order valence-electron chi connectivity index (χ3n) is 6.72. The second kappa shape index (κ2) is 10.2. The molecule has 31 heavy (non-hydrogen) atoms. The number of fused-ring (bicyclic) bond motifs is 1. The van der Waals surface area contributed by atoms with Gasteiger partial charge in [0.2, 0.25) is 5.91 Å². The number of hydrogen-bond acceptors (Lipinski definition) is 3. The molecule has 1 saturated heterocycles. The number of imidazole rings is 1. The summed E-state index contributed by atoms with van der Waals surface area (Å²) in [4.78, 5) is 23.9. The molecule has 2 aliphatic rings. The summed E-state index contributed by atoms with van der Waals surface area (Å²) in [5.74, 6) is 2.50. The van der Waals surface area contributed by atoms with Gasteiger partial charge in [-0.3, -0.25) is 9.79 Å². The van der Waals surface area contributed by atoms with E-state index in [9.17, 15) is 4.79 Å². The van der Waals surface area contributed by atoms with E-state index in [2.05, 4.69) is 55.2 Å². The van der Waals surface area contributed by atoms with Gasteiger partial charge in [-0.25, -0.2) is 4.98 Å². The van der Waals surface area contributed by atoms with Crippen LogP contribution >= 0.6 is 0 Å². The van der Waals surface area contributed by atoms with Gasteiger partial charge in [-0.05, 0) is 44.7 Å². The molecule has 0 radical (unpaired) electrons. The molecule has 1 aromatic carbocycles. The van der Waals surface area contributed by atoms with Gasteiger partial charge in [-0.1, -0.05) is 31.4 Å². The maximum absolute atomic E-state index is 12.8. The number of hydrogen-bond donors (Lipinski definition) is 2. The number of carbonyl (C=O) groups is 1. The van der Waals surface area contributed by atoms with Crippen LogP contribution < -0.4 is 10.6 Å². The number of para-hydroxylation sites is 2. The summed E-state index contributed by atoms with van der Waals surface area (Å²) in [6, 6.07) is 8.56. The van der Waals surface area contributed by atoms with Crippen LogP contribution in [0.3, 0.4) is 0 Å². The lowest BCUT2D eigenvalue weighted by molar-refractivity contribution is -0.135. The van der Waals surface area contributed by atoms with Crippen LogP contribution in [0.2, 0.25) is 0 Å². The zero-order valence-electron chi connectivity index (χ0n) is 18.9. The van der Waals surface area contributed by atoms with Gasteiger partial charge in [0.05, 0.1) is 11.0 Å². The fourth-order valence-electron chi connectivity index (χ4n) is 5.00. The van der Waals surface area contributed by atoms with Gasteiger partial charge in [0.15, 0.2) is 5.96 Å². The highest BCUT2D eigenvalue weighted by molar-refractivity contribution is 5.81. The van der Waals surface area contributed by atoms with Crippen molar-refractivity contribution in [2.75, 3.05) is 26.7 Å². The maximum atomic E-state index is 12.8. The van der Waals surface area contributed by atoms with Gasteiger partial charge in [0.1, 0.15) is 5.82 Å². The lowest BCUT2D eigenvalue weighted by Gasteiger charge is -2.26. The Morgan fingerprint density at radius 1 is 1.19 bits per heavy atom. The zero-order valence-corrected chi connectivity index (χ0v) is 18.9. The number of aryl methyl sites for hydroxylation is 2. The van der Waals surface area contributed by atoms with Gasteiger partial charge in [-0.15, -0.1) is 0 Å². The molecular formula is C24H36N6O. The van der Waals surface area contributed by atoms with E-state index in [1.807, 2.05) is 13.1 Å². The van der Waals surface area contributed by atoms with Crippen molar-refractivity contribution in [3.8, 4) is 0 Å². The number of likely N-dealkylation sites (tertiary alicyclic amines) is 1. The average Bonchev–Trinajstić information content (AvgIpc) is 3.39. The van der Waals surface area contributed by atoms with E-state index in [0.717, 1.165) is 69.2 Å². The quantitative estimate of drug-likeness (QED) is 0.425. The van der Waals surface area contributed by atoms with Crippen LogP contribution in [0.15, 0.2) is 29.3 Å². The molecule has 7 nitrogen and oxygen atoms in total. The first-order chi connectivity index (χ1) is 15.2. The summed E-state index contributed by atoms with van der Waals surface area (Å²) in [5.41, 5.74) is 2.25. The van der Waals surface area contributed by atoms with Crippen molar-refractivity contribution in [1.82, 2.24) is 25.1 Å². The van der Waals surface area contributed by atoms with Gasteiger partial charge in [0.25, 0.3) is 0 Å². The van der Waals surface area contributed by atoms with Crippen LogP contribution in [0.25, 0.3) is 11.0 Å². The molecular weight excluding hydrogens is 388 g/mol. The molecule has 1 aliphatic heterocycles. The normalized spacial score (nSPS) is 20.4.